The molecule has 3 rings (SSSR count). The van der Waals surface area contributed by atoms with Gasteiger partial charge in [0.15, 0.2) is 0 Å². The van der Waals surface area contributed by atoms with E-state index in [1.54, 1.807) is 7.11 Å². The maximum absolute atomic E-state index is 11.0. The van der Waals surface area contributed by atoms with Gasteiger partial charge >= 0.3 is 5.97 Å². The number of carboxylic acid groups (broad SMARTS) is 1. The van der Waals surface area contributed by atoms with Gasteiger partial charge in [0.2, 0.25) is 0 Å². The summed E-state index contributed by atoms with van der Waals surface area (Å²) in [6.45, 7) is 1.87. The molecule has 3 aromatic rings. The third kappa shape index (κ3) is 7.03. The monoisotopic (exact) mass is 448 g/mol. The first-order valence-corrected chi connectivity index (χ1v) is 11.0. The van der Waals surface area contributed by atoms with Crippen LogP contribution < -0.4 is 15.8 Å². The highest BCUT2D eigenvalue weighted by atomic mass is 16.5. The van der Waals surface area contributed by atoms with Crippen molar-refractivity contribution in [3.8, 4) is 28.3 Å². The molecule has 0 spiro atoms. The zero-order valence-electron chi connectivity index (χ0n) is 19.4. The molecule has 0 fully saturated rings. The number of nitrogens with one attached hydrogen (secondary N) is 1. The number of nitrogens with two attached hydrogens (primary N) is 1. The Hall–Kier alpha value is -3.42. The Morgan fingerprint density at radius 3 is 2.15 bits per heavy atom. The van der Waals surface area contributed by atoms with Crippen LogP contribution in [0.1, 0.15) is 12.0 Å². The molecule has 0 amide bonds. The van der Waals surface area contributed by atoms with Crippen LogP contribution in [0.2, 0.25) is 0 Å². The zero-order chi connectivity index (χ0) is 23.8. The first-order chi connectivity index (χ1) is 15.9. The van der Waals surface area contributed by atoms with Gasteiger partial charge in [-0.25, -0.2) is 4.98 Å². The lowest BCUT2D eigenvalue weighted by Gasteiger charge is -2.14. The number of aromatic nitrogens is 1. The quantitative estimate of drug-likeness (QED) is 0.384. The normalized spacial score (nSPS) is 11.9. The summed E-state index contributed by atoms with van der Waals surface area (Å²) in [6, 6.07) is 18.8. The molecule has 0 saturated carbocycles. The third-order valence-corrected chi connectivity index (χ3v) is 5.34. The summed E-state index contributed by atoms with van der Waals surface area (Å²) in [4.78, 5) is 18.1. The van der Waals surface area contributed by atoms with Gasteiger partial charge in [0.1, 0.15) is 11.8 Å². The molecule has 2 aromatic carbocycles. The predicted molar refractivity (Wildman–Crippen MR) is 133 cm³/mol. The van der Waals surface area contributed by atoms with Gasteiger partial charge in [0.05, 0.1) is 18.5 Å². The van der Waals surface area contributed by atoms with Crippen molar-refractivity contribution in [2.24, 2.45) is 5.73 Å². The van der Waals surface area contributed by atoms with E-state index in [0.717, 1.165) is 59.0 Å². The van der Waals surface area contributed by atoms with Crippen molar-refractivity contribution in [3.63, 3.8) is 0 Å². The second-order valence-corrected chi connectivity index (χ2v) is 8.28. The number of benzene rings is 2. The highest BCUT2D eigenvalue weighted by molar-refractivity contribution is 5.74. The standard InChI is InChI=1S/C26H32N4O3/c1-30(2)14-4-13-28-21-16-24(19-7-5-18(6-8-19)15-23(27)26(31)32)29-25(17-21)20-9-11-22(33-3)12-10-20/h5-12,16-17,23H,4,13-15,27H2,1-3H3,(H,28,29)(H,31,32)/t23-/m1/s1. The van der Waals surface area contributed by atoms with Gasteiger partial charge in [-0.1, -0.05) is 24.3 Å². The molecule has 4 N–H and O–H groups in total. The minimum Gasteiger partial charge on any atom is -0.497 e. The van der Waals surface area contributed by atoms with Crippen molar-refractivity contribution in [1.29, 1.82) is 0 Å². The largest absolute Gasteiger partial charge is 0.497 e. The Bertz CT molecular complexity index is 1050. The molecule has 7 nitrogen and oxygen atoms in total. The lowest BCUT2D eigenvalue weighted by Crippen LogP contribution is -2.32. The molecule has 0 unspecified atom stereocenters. The molecule has 0 aliphatic rings. The van der Waals surface area contributed by atoms with Crippen molar-refractivity contribution in [3.05, 3.63) is 66.2 Å². The number of hydrogen-bond donors (Lipinski definition) is 3. The summed E-state index contributed by atoms with van der Waals surface area (Å²) in [5.74, 6) is -0.204. The molecular weight excluding hydrogens is 416 g/mol. The molecule has 0 saturated heterocycles. The fourth-order valence-electron chi connectivity index (χ4n) is 3.47. The fourth-order valence-corrected chi connectivity index (χ4v) is 3.47. The van der Waals surface area contributed by atoms with Gasteiger partial charge in [-0.3, -0.25) is 4.79 Å². The predicted octanol–water partition coefficient (Wildman–Crippen LogP) is 3.74. The molecule has 1 atom stereocenters. The summed E-state index contributed by atoms with van der Waals surface area (Å²) in [5.41, 5.74) is 11.2. The number of carboxylic acids is 1. The summed E-state index contributed by atoms with van der Waals surface area (Å²) < 4.78 is 5.28. The zero-order valence-corrected chi connectivity index (χ0v) is 19.4. The van der Waals surface area contributed by atoms with Crippen LogP contribution in [0.4, 0.5) is 5.69 Å². The van der Waals surface area contributed by atoms with Crippen LogP contribution in [0.5, 0.6) is 5.75 Å². The number of aliphatic carboxylic acids is 1. The van der Waals surface area contributed by atoms with E-state index in [-0.39, 0.29) is 6.42 Å². The lowest BCUT2D eigenvalue weighted by molar-refractivity contribution is -0.138. The van der Waals surface area contributed by atoms with Gasteiger partial charge in [-0.2, -0.15) is 0 Å². The number of carbonyl (C=O) groups is 1. The Labute approximate surface area is 195 Å². The third-order valence-electron chi connectivity index (χ3n) is 5.34. The maximum Gasteiger partial charge on any atom is 0.320 e. The van der Waals surface area contributed by atoms with Crippen LogP contribution in [-0.2, 0) is 11.2 Å². The van der Waals surface area contributed by atoms with E-state index in [0.29, 0.717) is 0 Å². The Morgan fingerprint density at radius 1 is 1.06 bits per heavy atom. The van der Waals surface area contributed by atoms with E-state index < -0.39 is 12.0 Å². The minimum atomic E-state index is -1.00. The van der Waals surface area contributed by atoms with Gasteiger partial charge in [-0.05, 0) is 75.4 Å². The van der Waals surface area contributed by atoms with Crippen LogP contribution in [0.25, 0.3) is 22.5 Å². The number of methoxy groups -OCH3 is 1. The Morgan fingerprint density at radius 2 is 1.64 bits per heavy atom. The molecule has 0 aliphatic carbocycles. The average Bonchev–Trinajstić information content (AvgIpc) is 2.82. The molecule has 1 heterocycles. The first-order valence-electron chi connectivity index (χ1n) is 11.0. The molecule has 0 bridgehead atoms. The van der Waals surface area contributed by atoms with Crippen LogP contribution in [-0.4, -0.2) is 61.3 Å². The Balaban J connectivity index is 1.88. The van der Waals surface area contributed by atoms with Crippen LogP contribution in [0, 0.1) is 0 Å². The minimum absolute atomic E-state index is 0.285. The van der Waals surface area contributed by atoms with E-state index in [2.05, 4.69) is 30.4 Å². The van der Waals surface area contributed by atoms with E-state index in [1.807, 2.05) is 54.6 Å². The lowest BCUT2D eigenvalue weighted by atomic mass is 10.0. The van der Waals surface area contributed by atoms with Gasteiger partial charge in [0, 0.05) is 23.4 Å². The smallest absolute Gasteiger partial charge is 0.320 e. The van der Waals surface area contributed by atoms with Gasteiger partial charge in [-0.15, -0.1) is 0 Å². The number of anilines is 1. The SMILES string of the molecule is COc1ccc(-c2cc(NCCCN(C)C)cc(-c3ccc(C[C@@H](N)C(=O)O)cc3)n2)cc1. The van der Waals surface area contributed by atoms with Crippen molar-refractivity contribution in [1.82, 2.24) is 9.88 Å². The molecule has 0 radical (unpaired) electrons. The van der Waals surface area contributed by atoms with Gasteiger partial charge in [0.25, 0.3) is 0 Å². The summed E-state index contributed by atoms with van der Waals surface area (Å²) in [5, 5.41) is 12.6. The van der Waals surface area contributed by atoms with Crippen LogP contribution in [0.15, 0.2) is 60.7 Å². The molecule has 7 heteroatoms. The van der Waals surface area contributed by atoms with E-state index in [4.69, 9.17) is 20.6 Å². The van der Waals surface area contributed by atoms with Crippen molar-refractivity contribution in [2.45, 2.75) is 18.9 Å². The highest BCUT2D eigenvalue weighted by Crippen LogP contribution is 2.28. The molecular formula is C26H32N4O3. The molecule has 174 valence electrons. The van der Waals surface area contributed by atoms with Crippen LogP contribution in [0.3, 0.4) is 0 Å². The summed E-state index contributed by atoms with van der Waals surface area (Å²) in [6.07, 6.45) is 1.31. The van der Waals surface area contributed by atoms with E-state index in [1.165, 1.54) is 0 Å². The summed E-state index contributed by atoms with van der Waals surface area (Å²) in [7, 11) is 5.79. The van der Waals surface area contributed by atoms with Crippen molar-refractivity contribution >= 4 is 11.7 Å². The first kappa shape index (κ1) is 24.2. The number of rotatable bonds is 11. The molecule has 33 heavy (non-hydrogen) atoms. The second kappa shape index (κ2) is 11.4. The summed E-state index contributed by atoms with van der Waals surface area (Å²) >= 11 is 0. The molecule has 1 aromatic heterocycles. The number of ether oxygens (including phenoxy) is 1. The highest BCUT2D eigenvalue weighted by Gasteiger charge is 2.13. The number of hydrogen-bond acceptors (Lipinski definition) is 6. The number of nitrogens with zero attached hydrogens (tertiary/aromatic N) is 2. The van der Waals surface area contributed by atoms with E-state index in [9.17, 15) is 4.79 Å². The van der Waals surface area contributed by atoms with Gasteiger partial charge < -0.3 is 25.8 Å². The second-order valence-electron chi connectivity index (χ2n) is 8.28. The van der Waals surface area contributed by atoms with Crippen LogP contribution >= 0.6 is 0 Å². The van der Waals surface area contributed by atoms with Crippen molar-refractivity contribution in [2.75, 3.05) is 39.6 Å². The van der Waals surface area contributed by atoms with Crippen molar-refractivity contribution < 1.29 is 14.6 Å². The number of pyridine rings is 1. The maximum atomic E-state index is 11.0. The Kier molecular flexibility index (Phi) is 8.40. The topological polar surface area (TPSA) is 101 Å². The average molecular weight is 449 g/mol. The molecule has 0 aliphatic heterocycles. The fraction of sp³-hybridized carbons (Fsp3) is 0.308. The van der Waals surface area contributed by atoms with E-state index >= 15 is 0 Å².